The Bertz CT molecular complexity index is 364. The van der Waals surface area contributed by atoms with E-state index in [-0.39, 0.29) is 5.97 Å². The van der Waals surface area contributed by atoms with Crippen molar-refractivity contribution in [3.8, 4) is 0 Å². The van der Waals surface area contributed by atoms with E-state index in [1.54, 1.807) is 6.92 Å². The van der Waals surface area contributed by atoms with Crippen molar-refractivity contribution in [1.82, 2.24) is 4.98 Å². The molecule has 1 aromatic heterocycles. The van der Waals surface area contributed by atoms with E-state index < -0.39 is 0 Å². The fraction of sp³-hybridized carbons (Fsp3) is 0.692. The summed E-state index contributed by atoms with van der Waals surface area (Å²) in [5.74, 6) is 0.699. The number of aromatic nitrogens is 1. The zero-order valence-electron chi connectivity index (χ0n) is 10.3. The molecule has 94 valence electrons. The van der Waals surface area contributed by atoms with Gasteiger partial charge in [-0.05, 0) is 19.8 Å². The van der Waals surface area contributed by atoms with Crippen LogP contribution in [0.2, 0.25) is 0 Å². The molecule has 0 radical (unpaired) electrons. The second-order valence-corrected chi connectivity index (χ2v) is 4.47. The third-order valence-electron chi connectivity index (χ3n) is 3.29. The Hall–Kier alpha value is -1.32. The Morgan fingerprint density at radius 3 is 2.76 bits per heavy atom. The van der Waals surface area contributed by atoms with E-state index in [4.69, 9.17) is 9.15 Å². The molecule has 0 bridgehead atoms. The quantitative estimate of drug-likeness (QED) is 0.598. The maximum Gasteiger partial charge on any atom is 0.360 e. The fourth-order valence-electron chi connectivity index (χ4n) is 2.44. The topological polar surface area (TPSA) is 52.3 Å². The molecule has 1 aliphatic carbocycles. The van der Waals surface area contributed by atoms with Gasteiger partial charge < -0.3 is 9.15 Å². The average molecular weight is 237 g/mol. The van der Waals surface area contributed by atoms with E-state index in [0.29, 0.717) is 18.2 Å². The van der Waals surface area contributed by atoms with Crippen LogP contribution in [-0.4, -0.2) is 17.6 Å². The minimum atomic E-state index is -0.361. The standard InChI is InChI=1S/C13H19NO3/c1-2-16-13(15)11-12(17-9-14-11)10-7-5-3-4-6-8-10/h9-10H,2-8H2,1H3. The lowest BCUT2D eigenvalue weighted by Crippen LogP contribution is -2.10. The summed E-state index contributed by atoms with van der Waals surface area (Å²) in [6.45, 7) is 2.17. The van der Waals surface area contributed by atoms with Crippen LogP contribution in [0.5, 0.6) is 0 Å². The molecule has 1 heterocycles. The van der Waals surface area contributed by atoms with Crippen LogP contribution in [0, 0.1) is 0 Å². The van der Waals surface area contributed by atoms with Crippen molar-refractivity contribution >= 4 is 5.97 Å². The number of nitrogens with zero attached hydrogens (tertiary/aromatic N) is 1. The molecule has 4 nitrogen and oxygen atoms in total. The Morgan fingerprint density at radius 1 is 1.41 bits per heavy atom. The number of hydrogen-bond donors (Lipinski definition) is 0. The van der Waals surface area contributed by atoms with Gasteiger partial charge in [0, 0.05) is 5.92 Å². The highest BCUT2D eigenvalue weighted by Gasteiger charge is 2.25. The summed E-state index contributed by atoms with van der Waals surface area (Å²) < 4.78 is 10.4. The Morgan fingerprint density at radius 2 is 2.12 bits per heavy atom. The number of esters is 1. The third-order valence-corrected chi connectivity index (χ3v) is 3.29. The van der Waals surface area contributed by atoms with Crippen molar-refractivity contribution in [3.05, 3.63) is 17.8 Å². The van der Waals surface area contributed by atoms with E-state index in [1.165, 1.54) is 32.1 Å². The van der Waals surface area contributed by atoms with Crippen LogP contribution < -0.4 is 0 Å². The Balaban J connectivity index is 2.14. The lowest BCUT2D eigenvalue weighted by molar-refractivity contribution is 0.0516. The molecule has 0 amide bonds. The molecule has 2 rings (SSSR count). The fourth-order valence-corrected chi connectivity index (χ4v) is 2.44. The van der Waals surface area contributed by atoms with Crippen molar-refractivity contribution in [3.63, 3.8) is 0 Å². The summed E-state index contributed by atoms with van der Waals surface area (Å²) in [6, 6.07) is 0. The summed E-state index contributed by atoms with van der Waals surface area (Å²) in [5.41, 5.74) is 0.374. The Kier molecular flexibility index (Phi) is 4.18. The normalized spacial score (nSPS) is 17.7. The molecular formula is C13H19NO3. The molecule has 1 fully saturated rings. The van der Waals surface area contributed by atoms with Crippen molar-refractivity contribution in [2.24, 2.45) is 0 Å². The smallest absolute Gasteiger partial charge is 0.360 e. The SMILES string of the molecule is CCOC(=O)c1ncoc1C1CCCCCC1. The molecule has 0 spiro atoms. The summed E-state index contributed by atoms with van der Waals surface area (Å²) in [5, 5.41) is 0. The highest BCUT2D eigenvalue weighted by molar-refractivity contribution is 5.88. The van der Waals surface area contributed by atoms with Gasteiger partial charge in [0.2, 0.25) is 0 Å². The van der Waals surface area contributed by atoms with Gasteiger partial charge in [0.1, 0.15) is 5.76 Å². The van der Waals surface area contributed by atoms with Crippen LogP contribution in [0.25, 0.3) is 0 Å². The van der Waals surface area contributed by atoms with Crippen molar-refractivity contribution in [2.45, 2.75) is 51.4 Å². The highest BCUT2D eigenvalue weighted by atomic mass is 16.5. The van der Waals surface area contributed by atoms with Crippen LogP contribution in [0.3, 0.4) is 0 Å². The summed E-state index contributed by atoms with van der Waals surface area (Å²) >= 11 is 0. The van der Waals surface area contributed by atoms with Gasteiger partial charge >= 0.3 is 5.97 Å². The van der Waals surface area contributed by atoms with Crippen LogP contribution in [0.4, 0.5) is 0 Å². The van der Waals surface area contributed by atoms with E-state index in [9.17, 15) is 4.79 Å². The third kappa shape index (κ3) is 2.87. The van der Waals surface area contributed by atoms with Gasteiger partial charge in [0.05, 0.1) is 6.61 Å². The van der Waals surface area contributed by atoms with Gasteiger partial charge in [-0.3, -0.25) is 0 Å². The lowest BCUT2D eigenvalue weighted by atomic mass is 9.96. The second kappa shape index (κ2) is 5.84. The molecule has 17 heavy (non-hydrogen) atoms. The number of carbonyl (C=O) groups is 1. The molecule has 1 aliphatic rings. The maximum absolute atomic E-state index is 11.7. The maximum atomic E-state index is 11.7. The van der Waals surface area contributed by atoms with Crippen molar-refractivity contribution in [2.75, 3.05) is 6.61 Å². The average Bonchev–Trinajstić information content (AvgIpc) is 2.65. The number of ether oxygens (including phenoxy) is 1. The van der Waals surface area contributed by atoms with Gasteiger partial charge in [0.25, 0.3) is 0 Å². The zero-order chi connectivity index (χ0) is 12.1. The number of oxazole rings is 1. The minimum Gasteiger partial charge on any atom is -0.461 e. The largest absolute Gasteiger partial charge is 0.461 e. The van der Waals surface area contributed by atoms with Gasteiger partial charge in [-0.1, -0.05) is 25.7 Å². The van der Waals surface area contributed by atoms with Crippen LogP contribution in [0.15, 0.2) is 10.8 Å². The Labute approximate surface area is 101 Å². The van der Waals surface area contributed by atoms with Crippen LogP contribution >= 0.6 is 0 Å². The molecule has 1 aromatic rings. The predicted octanol–water partition coefficient (Wildman–Crippen LogP) is 3.29. The minimum absolute atomic E-state index is 0.333. The van der Waals surface area contributed by atoms with Crippen molar-refractivity contribution in [1.29, 1.82) is 0 Å². The van der Waals surface area contributed by atoms with Gasteiger partial charge in [-0.25, -0.2) is 9.78 Å². The molecule has 0 aliphatic heterocycles. The predicted molar refractivity (Wildman–Crippen MR) is 62.9 cm³/mol. The first kappa shape index (κ1) is 12.1. The molecular weight excluding hydrogens is 218 g/mol. The van der Waals surface area contributed by atoms with Crippen molar-refractivity contribution < 1.29 is 13.9 Å². The highest BCUT2D eigenvalue weighted by Crippen LogP contribution is 2.33. The van der Waals surface area contributed by atoms with Crippen LogP contribution in [0.1, 0.15) is 67.6 Å². The lowest BCUT2D eigenvalue weighted by Gasteiger charge is -2.11. The molecule has 0 saturated heterocycles. The van der Waals surface area contributed by atoms with E-state index in [1.807, 2.05) is 0 Å². The number of carbonyl (C=O) groups excluding carboxylic acids is 1. The first-order chi connectivity index (χ1) is 8.33. The first-order valence-corrected chi connectivity index (χ1v) is 6.43. The van der Waals surface area contributed by atoms with Crippen LogP contribution in [-0.2, 0) is 4.74 Å². The molecule has 0 unspecified atom stereocenters. The van der Waals surface area contributed by atoms with E-state index in [2.05, 4.69) is 4.98 Å². The summed E-state index contributed by atoms with van der Waals surface area (Å²) in [7, 11) is 0. The second-order valence-electron chi connectivity index (χ2n) is 4.47. The van der Waals surface area contributed by atoms with E-state index in [0.717, 1.165) is 18.6 Å². The zero-order valence-corrected chi connectivity index (χ0v) is 10.3. The molecule has 0 atom stereocenters. The molecule has 0 N–H and O–H groups in total. The summed E-state index contributed by atoms with van der Waals surface area (Å²) in [4.78, 5) is 15.7. The molecule has 0 aromatic carbocycles. The summed E-state index contributed by atoms with van der Waals surface area (Å²) in [6.07, 6.45) is 8.48. The molecule has 4 heteroatoms. The number of rotatable bonds is 3. The number of hydrogen-bond acceptors (Lipinski definition) is 4. The van der Waals surface area contributed by atoms with Gasteiger partial charge in [0.15, 0.2) is 12.1 Å². The van der Waals surface area contributed by atoms with Gasteiger partial charge in [-0.15, -0.1) is 0 Å². The first-order valence-electron chi connectivity index (χ1n) is 6.43. The molecule has 1 saturated carbocycles. The van der Waals surface area contributed by atoms with Gasteiger partial charge in [-0.2, -0.15) is 0 Å². The van der Waals surface area contributed by atoms with E-state index >= 15 is 0 Å². The monoisotopic (exact) mass is 237 g/mol.